The molecule has 0 aromatic carbocycles. The third-order valence-corrected chi connectivity index (χ3v) is 16.3. The molecule has 0 bridgehead atoms. The molecule has 3 N–H and O–H groups in total. The van der Waals surface area contributed by atoms with Crippen LogP contribution in [-0.4, -0.2) is 77.1 Å². The summed E-state index contributed by atoms with van der Waals surface area (Å²) in [5.41, 5.74) is 0.158. The second-order valence-corrected chi connectivity index (χ2v) is 20.3. The number of hydrogen-bond donors (Lipinski definition) is 3. The second kappa shape index (κ2) is 13.8. The number of esters is 1. The Kier molecular flexibility index (Phi) is 10.9. The molecule has 5 aliphatic rings. The number of aliphatic carboxylic acids is 1. The van der Waals surface area contributed by atoms with Crippen molar-refractivity contribution in [2.45, 2.75) is 159 Å². The minimum Gasteiger partial charge on any atom is -0.481 e. The van der Waals surface area contributed by atoms with Crippen LogP contribution in [0.5, 0.6) is 0 Å². The molecule has 4 fully saturated rings. The monoisotopic (exact) mass is 727 g/mol. The number of carboxylic acids is 1. The first kappa shape index (κ1) is 40.9. The van der Waals surface area contributed by atoms with Gasteiger partial charge in [-0.15, -0.1) is 0 Å². The highest BCUT2D eigenvalue weighted by molar-refractivity contribution is 6.00. The van der Waals surface area contributed by atoms with Crippen molar-refractivity contribution in [3.8, 4) is 0 Å². The Morgan fingerprint density at radius 3 is 2.15 bits per heavy atom. The number of ketones is 1. The fraction of sp³-hybridized carbons (Fsp3) is 0.860. The zero-order valence-corrected chi connectivity index (χ0v) is 34.4. The Hall–Kier alpha value is -2.26. The van der Waals surface area contributed by atoms with E-state index in [1.165, 1.54) is 5.57 Å². The van der Waals surface area contributed by atoms with E-state index in [2.05, 4.69) is 67.6 Å². The van der Waals surface area contributed by atoms with Gasteiger partial charge < -0.3 is 20.3 Å². The fourth-order valence-corrected chi connectivity index (χ4v) is 13.0. The van der Waals surface area contributed by atoms with Crippen LogP contribution in [0.15, 0.2) is 11.1 Å². The predicted molar refractivity (Wildman–Crippen MR) is 202 cm³/mol. The molecule has 0 heterocycles. The van der Waals surface area contributed by atoms with Gasteiger partial charge in [-0.3, -0.25) is 24.1 Å². The highest BCUT2D eigenvalue weighted by Gasteiger charge is 2.71. The van der Waals surface area contributed by atoms with Crippen LogP contribution in [0.1, 0.15) is 140 Å². The van der Waals surface area contributed by atoms with Gasteiger partial charge in [0.15, 0.2) is 5.78 Å². The molecule has 52 heavy (non-hydrogen) atoms. The van der Waals surface area contributed by atoms with Crippen LogP contribution >= 0.6 is 0 Å². The lowest BCUT2D eigenvalue weighted by Gasteiger charge is -2.72. The standard InChI is InChI=1S/C43H70N2O7/c1-25(2)35-28(46)21-43(31(47)23-45(26(3)4)24-33(48)44-12)20-19-41(10)27(36(35)43)13-14-30-40(9)17-16-32(52-34(49)22-38(5,6)37(50)51)39(7,8)29(40)15-18-42(30,41)11/h25-27,29-32,47H,13-24H2,1-12H3,(H,44,48)(H,50,51)/t27-,29+,30-,31+,32?,40+,41-,42-,43+/m1/s1. The summed E-state index contributed by atoms with van der Waals surface area (Å²) in [6.45, 7) is 24.2. The van der Waals surface area contributed by atoms with Crippen LogP contribution in [0.4, 0.5) is 0 Å². The van der Waals surface area contributed by atoms with E-state index < -0.39 is 28.9 Å². The predicted octanol–water partition coefficient (Wildman–Crippen LogP) is 7.20. The number of nitrogens with zero attached hydrogens (tertiary/aromatic N) is 1. The van der Waals surface area contributed by atoms with Crippen molar-refractivity contribution < 1.29 is 34.1 Å². The summed E-state index contributed by atoms with van der Waals surface area (Å²) in [6.07, 6.45) is 6.77. The van der Waals surface area contributed by atoms with Crippen molar-refractivity contribution >= 4 is 23.6 Å². The molecule has 9 nitrogen and oxygen atoms in total. The van der Waals surface area contributed by atoms with Crippen molar-refractivity contribution in [3.05, 3.63) is 11.1 Å². The van der Waals surface area contributed by atoms with Gasteiger partial charge in [-0.05, 0) is 125 Å². The normalized spacial score (nSPS) is 37.7. The molecule has 9 heteroatoms. The lowest BCUT2D eigenvalue weighted by atomic mass is 9.33. The highest BCUT2D eigenvalue weighted by Crippen LogP contribution is 2.77. The van der Waals surface area contributed by atoms with Crippen LogP contribution in [0, 0.1) is 56.2 Å². The molecule has 1 unspecified atom stereocenters. The first-order valence-corrected chi connectivity index (χ1v) is 20.3. The quantitative estimate of drug-likeness (QED) is 0.191. The van der Waals surface area contributed by atoms with Crippen molar-refractivity contribution in [2.75, 3.05) is 20.1 Å². The van der Waals surface area contributed by atoms with Gasteiger partial charge in [0.05, 0.1) is 24.5 Å². The van der Waals surface area contributed by atoms with Crippen LogP contribution in [0.3, 0.4) is 0 Å². The number of amides is 1. The van der Waals surface area contributed by atoms with Gasteiger partial charge >= 0.3 is 11.9 Å². The van der Waals surface area contributed by atoms with E-state index in [9.17, 15) is 29.4 Å². The maximum Gasteiger partial charge on any atom is 0.309 e. The Bertz CT molecular complexity index is 1480. The molecule has 9 atom stereocenters. The SMILES string of the molecule is CNC(=O)CN(C[C@H](O)[C@@]12CC[C@]3(C)[C@H](CC[C@@H]4[C@@]5(C)CCC(OC(=O)CC(C)(C)C(=O)O)C(C)(C)[C@@H]5CC[C@]43C)C1=C(C(C)C)C(=O)C2)C(C)C. The molecule has 0 radical (unpaired) electrons. The van der Waals surface area contributed by atoms with Crippen molar-refractivity contribution in [1.29, 1.82) is 0 Å². The number of ether oxygens (including phenoxy) is 1. The zero-order chi connectivity index (χ0) is 39.0. The number of aliphatic hydroxyl groups excluding tert-OH is 1. The third-order valence-electron chi connectivity index (χ3n) is 16.3. The van der Waals surface area contributed by atoms with E-state index in [0.717, 1.165) is 56.9 Å². The van der Waals surface area contributed by atoms with Crippen LogP contribution in [0.25, 0.3) is 0 Å². The van der Waals surface area contributed by atoms with Gasteiger partial charge in [0.2, 0.25) is 5.91 Å². The Balaban J connectivity index is 1.46. The van der Waals surface area contributed by atoms with Crippen LogP contribution in [-0.2, 0) is 23.9 Å². The number of Topliss-reactive ketones (excluding diaryl/α,β-unsaturated/α-hetero) is 1. The molecule has 4 saturated carbocycles. The van der Waals surface area contributed by atoms with Gasteiger partial charge in [0.1, 0.15) is 6.10 Å². The number of likely N-dealkylation sites (N-methyl/N-ethyl adjacent to an activating group) is 1. The Labute approximate surface area is 313 Å². The number of carboxylic acid groups (broad SMARTS) is 1. The Morgan fingerprint density at radius 1 is 0.923 bits per heavy atom. The molecule has 294 valence electrons. The number of nitrogens with one attached hydrogen (secondary N) is 1. The molecule has 0 aliphatic heterocycles. The number of hydrogen-bond acceptors (Lipinski definition) is 7. The van der Waals surface area contributed by atoms with Gasteiger partial charge in [-0.1, -0.05) is 54.0 Å². The summed E-state index contributed by atoms with van der Waals surface area (Å²) in [6, 6.07) is 0.0658. The van der Waals surface area contributed by atoms with Gasteiger partial charge in [0, 0.05) is 36.9 Å². The maximum atomic E-state index is 14.1. The molecule has 0 saturated heterocycles. The van der Waals surface area contributed by atoms with Crippen molar-refractivity contribution in [1.82, 2.24) is 10.2 Å². The first-order chi connectivity index (χ1) is 23.9. The summed E-state index contributed by atoms with van der Waals surface area (Å²) >= 11 is 0. The van der Waals surface area contributed by atoms with E-state index in [4.69, 9.17) is 4.74 Å². The number of allylic oxidation sites excluding steroid dienone is 1. The largest absolute Gasteiger partial charge is 0.481 e. The van der Waals surface area contributed by atoms with Crippen LogP contribution in [0.2, 0.25) is 0 Å². The summed E-state index contributed by atoms with van der Waals surface area (Å²) in [4.78, 5) is 53.4. The summed E-state index contributed by atoms with van der Waals surface area (Å²) in [5.74, 6) is -0.224. The molecular weight excluding hydrogens is 656 g/mol. The summed E-state index contributed by atoms with van der Waals surface area (Å²) in [7, 11) is 1.64. The van der Waals surface area contributed by atoms with Gasteiger partial charge in [-0.2, -0.15) is 0 Å². The first-order valence-electron chi connectivity index (χ1n) is 20.3. The van der Waals surface area contributed by atoms with Crippen LogP contribution < -0.4 is 5.32 Å². The number of carbonyl (C=O) groups is 4. The smallest absolute Gasteiger partial charge is 0.309 e. The van der Waals surface area contributed by atoms with Gasteiger partial charge in [-0.25, -0.2) is 0 Å². The van der Waals surface area contributed by atoms with E-state index in [-0.39, 0.29) is 70.3 Å². The summed E-state index contributed by atoms with van der Waals surface area (Å²) < 4.78 is 6.16. The number of aliphatic hydroxyl groups is 1. The average molecular weight is 727 g/mol. The molecule has 0 aromatic heterocycles. The average Bonchev–Trinajstić information content (AvgIpc) is 3.35. The molecule has 5 aliphatic carbocycles. The van der Waals surface area contributed by atoms with E-state index >= 15 is 0 Å². The van der Waals surface area contributed by atoms with Gasteiger partial charge in [0.25, 0.3) is 0 Å². The van der Waals surface area contributed by atoms with E-state index in [0.29, 0.717) is 24.8 Å². The molecule has 0 aromatic rings. The minimum absolute atomic E-state index is 0.0211. The number of carbonyl (C=O) groups excluding carboxylic acids is 3. The third kappa shape index (κ3) is 6.29. The lowest BCUT2D eigenvalue weighted by Crippen LogP contribution is -2.66. The van der Waals surface area contributed by atoms with Crippen molar-refractivity contribution in [2.24, 2.45) is 56.2 Å². The molecule has 1 amide bonds. The number of rotatable bonds is 11. The fourth-order valence-electron chi connectivity index (χ4n) is 13.0. The van der Waals surface area contributed by atoms with E-state index in [1.54, 1.807) is 20.9 Å². The molecule has 5 rings (SSSR count). The molecular formula is C43H70N2O7. The highest BCUT2D eigenvalue weighted by atomic mass is 16.5. The van der Waals surface area contributed by atoms with Crippen molar-refractivity contribution in [3.63, 3.8) is 0 Å². The minimum atomic E-state index is -1.17. The maximum absolute atomic E-state index is 14.1. The number of fused-ring (bicyclic) bond motifs is 7. The lowest BCUT2D eigenvalue weighted by molar-refractivity contribution is -0.235. The topological polar surface area (TPSA) is 133 Å². The molecule has 0 spiro atoms. The summed E-state index contributed by atoms with van der Waals surface area (Å²) in [5, 5.41) is 24.7. The zero-order valence-electron chi connectivity index (χ0n) is 34.4. The second-order valence-electron chi connectivity index (χ2n) is 20.3. The van der Waals surface area contributed by atoms with E-state index in [1.807, 2.05) is 4.90 Å². The Morgan fingerprint density at radius 2 is 1.58 bits per heavy atom.